The van der Waals surface area contributed by atoms with E-state index >= 15 is 0 Å². The number of benzene rings is 1. The Bertz CT molecular complexity index is 922. The quantitative estimate of drug-likeness (QED) is 0.549. The van der Waals surface area contributed by atoms with E-state index in [1.165, 1.54) is 15.6 Å². The molecule has 0 radical (unpaired) electrons. The monoisotopic (exact) mass is 441 g/mol. The number of hydrogen-bond acceptors (Lipinski definition) is 6. The fourth-order valence-corrected chi connectivity index (χ4v) is 4.65. The van der Waals surface area contributed by atoms with Gasteiger partial charge < -0.3 is 4.42 Å². The molecule has 2 aromatic heterocycles. The van der Waals surface area contributed by atoms with E-state index in [4.69, 9.17) is 4.42 Å². The molecule has 0 aliphatic heterocycles. The largest absolute Gasteiger partial charge is 0.418 e. The third-order valence-corrected chi connectivity index (χ3v) is 6.68. The average Bonchev–Trinajstić information content (AvgIpc) is 3.26. The summed E-state index contributed by atoms with van der Waals surface area (Å²) in [4.78, 5) is 1.10. The minimum Gasteiger partial charge on any atom is -0.418 e. The second-order valence-corrected chi connectivity index (χ2v) is 9.07. The normalized spacial score (nSPS) is 12.0. The number of rotatable bonds is 7. The van der Waals surface area contributed by atoms with Gasteiger partial charge in [0.2, 0.25) is 15.9 Å². The molecule has 0 unspecified atom stereocenters. The summed E-state index contributed by atoms with van der Waals surface area (Å²) >= 11 is 4.80. The first-order chi connectivity index (χ1) is 12.0. The molecule has 1 aromatic carbocycles. The molecule has 3 aromatic rings. The van der Waals surface area contributed by atoms with Crippen molar-refractivity contribution in [2.24, 2.45) is 0 Å². The highest BCUT2D eigenvalue weighted by Crippen LogP contribution is 2.25. The lowest BCUT2D eigenvalue weighted by atomic mass is 10.4. The summed E-state index contributed by atoms with van der Waals surface area (Å²) in [6.07, 6.45) is 0.682. The molecule has 0 aliphatic rings. The average molecular weight is 442 g/mol. The lowest BCUT2D eigenvalue weighted by Crippen LogP contribution is -2.31. The van der Waals surface area contributed by atoms with Crippen LogP contribution in [0.2, 0.25) is 0 Å². The van der Waals surface area contributed by atoms with Gasteiger partial charge in [-0.05, 0) is 42.1 Å². The van der Waals surface area contributed by atoms with Crippen molar-refractivity contribution in [1.82, 2.24) is 14.5 Å². The van der Waals surface area contributed by atoms with Gasteiger partial charge in [-0.15, -0.1) is 21.5 Å². The maximum absolute atomic E-state index is 12.9. The Balaban J connectivity index is 1.85. The predicted molar refractivity (Wildman–Crippen MR) is 99.6 cm³/mol. The van der Waals surface area contributed by atoms with Crippen LogP contribution in [0.15, 0.2) is 55.6 Å². The molecule has 3 rings (SSSR count). The Labute approximate surface area is 158 Å². The van der Waals surface area contributed by atoms with Gasteiger partial charge in [-0.25, -0.2) is 8.42 Å². The van der Waals surface area contributed by atoms with Crippen molar-refractivity contribution in [3.05, 3.63) is 52.1 Å². The highest BCUT2D eigenvalue weighted by atomic mass is 79.9. The Morgan fingerprint density at radius 3 is 2.60 bits per heavy atom. The van der Waals surface area contributed by atoms with Gasteiger partial charge >= 0.3 is 0 Å². The summed E-state index contributed by atoms with van der Waals surface area (Å²) in [5.74, 6) is 0.681. The van der Waals surface area contributed by atoms with Gasteiger partial charge in [0, 0.05) is 11.0 Å². The van der Waals surface area contributed by atoms with Gasteiger partial charge in [0.15, 0.2) is 0 Å². The lowest BCUT2D eigenvalue weighted by molar-refractivity contribution is 0.357. The van der Waals surface area contributed by atoms with E-state index in [9.17, 15) is 8.42 Å². The van der Waals surface area contributed by atoms with Crippen molar-refractivity contribution in [2.45, 2.75) is 24.8 Å². The van der Waals surface area contributed by atoms with E-state index in [0.717, 1.165) is 9.35 Å². The van der Waals surface area contributed by atoms with Gasteiger partial charge in [-0.1, -0.05) is 28.9 Å². The molecule has 0 bridgehead atoms. The molecular weight excluding hydrogens is 426 g/mol. The standard InChI is InChI=1S/C16H16BrN3O3S2/c1-2-9-20(25(21,22)13-7-5-12(17)6-8-13)11-15-18-19-16(23-15)14-4-3-10-24-14/h3-8,10H,2,9,11H2,1H3. The Morgan fingerprint density at radius 1 is 1.20 bits per heavy atom. The zero-order valence-corrected chi connectivity index (χ0v) is 16.6. The topological polar surface area (TPSA) is 76.3 Å². The number of hydrogen-bond donors (Lipinski definition) is 0. The summed E-state index contributed by atoms with van der Waals surface area (Å²) in [5, 5.41) is 9.91. The number of nitrogens with zero attached hydrogens (tertiary/aromatic N) is 3. The van der Waals surface area contributed by atoms with Crippen LogP contribution in [0.25, 0.3) is 10.8 Å². The highest BCUT2D eigenvalue weighted by Gasteiger charge is 2.26. The van der Waals surface area contributed by atoms with Gasteiger partial charge in [-0.3, -0.25) is 0 Å². The first kappa shape index (κ1) is 18.2. The molecule has 0 atom stereocenters. The van der Waals surface area contributed by atoms with E-state index in [0.29, 0.717) is 18.9 Å². The van der Waals surface area contributed by atoms with Crippen LogP contribution in [0.4, 0.5) is 0 Å². The molecule has 0 fully saturated rings. The minimum atomic E-state index is -3.64. The molecule has 25 heavy (non-hydrogen) atoms. The highest BCUT2D eigenvalue weighted by molar-refractivity contribution is 9.10. The molecule has 9 heteroatoms. The number of halogens is 1. The molecule has 0 aliphatic carbocycles. The molecule has 6 nitrogen and oxygen atoms in total. The summed E-state index contributed by atoms with van der Waals surface area (Å²) in [6.45, 7) is 2.34. The Kier molecular flexibility index (Phi) is 5.67. The molecular formula is C16H16BrN3O3S2. The third kappa shape index (κ3) is 4.17. The maximum Gasteiger partial charge on any atom is 0.257 e. The van der Waals surface area contributed by atoms with Crippen LogP contribution in [0.1, 0.15) is 19.2 Å². The van der Waals surface area contributed by atoms with Gasteiger partial charge in [0.05, 0.1) is 16.3 Å². The molecule has 0 N–H and O–H groups in total. The zero-order valence-electron chi connectivity index (χ0n) is 13.4. The van der Waals surface area contributed by atoms with Gasteiger partial charge in [0.1, 0.15) is 0 Å². The maximum atomic E-state index is 12.9. The van der Waals surface area contributed by atoms with E-state index in [1.54, 1.807) is 24.3 Å². The van der Waals surface area contributed by atoms with Crippen molar-refractivity contribution < 1.29 is 12.8 Å². The van der Waals surface area contributed by atoms with Gasteiger partial charge in [-0.2, -0.15) is 4.31 Å². The molecule has 0 amide bonds. The van der Waals surface area contributed by atoms with Crippen LogP contribution in [-0.4, -0.2) is 29.5 Å². The minimum absolute atomic E-state index is 0.0462. The first-order valence-electron chi connectivity index (χ1n) is 7.62. The van der Waals surface area contributed by atoms with Crippen molar-refractivity contribution in [1.29, 1.82) is 0 Å². The van der Waals surface area contributed by atoms with Gasteiger partial charge in [0.25, 0.3) is 5.89 Å². The van der Waals surface area contributed by atoms with Crippen LogP contribution in [0.3, 0.4) is 0 Å². The number of thiophene rings is 1. The third-order valence-electron chi connectivity index (χ3n) is 3.43. The van der Waals surface area contributed by atoms with E-state index in [2.05, 4.69) is 26.1 Å². The first-order valence-corrected chi connectivity index (χ1v) is 10.7. The second kappa shape index (κ2) is 7.77. The fourth-order valence-electron chi connectivity index (χ4n) is 2.26. The number of sulfonamides is 1. The molecule has 2 heterocycles. The van der Waals surface area contributed by atoms with Crippen molar-refractivity contribution in [2.75, 3.05) is 6.54 Å². The number of aromatic nitrogens is 2. The van der Waals surface area contributed by atoms with Crippen LogP contribution < -0.4 is 0 Å². The van der Waals surface area contributed by atoms with E-state index < -0.39 is 10.0 Å². The van der Waals surface area contributed by atoms with Crippen LogP contribution in [-0.2, 0) is 16.6 Å². The molecule has 0 saturated heterocycles. The van der Waals surface area contributed by atoms with Crippen molar-refractivity contribution in [3.8, 4) is 10.8 Å². The van der Waals surface area contributed by atoms with Crippen LogP contribution >= 0.6 is 27.3 Å². The summed E-state index contributed by atoms with van der Waals surface area (Å²) < 4.78 is 33.6. The van der Waals surface area contributed by atoms with Crippen molar-refractivity contribution in [3.63, 3.8) is 0 Å². The molecule has 132 valence electrons. The molecule has 0 saturated carbocycles. The summed E-state index contributed by atoms with van der Waals surface area (Å²) in [6, 6.07) is 10.3. The van der Waals surface area contributed by atoms with Crippen LogP contribution in [0, 0.1) is 0 Å². The Hall–Kier alpha value is -1.55. The van der Waals surface area contributed by atoms with Crippen LogP contribution in [0.5, 0.6) is 0 Å². The van der Waals surface area contributed by atoms with Crippen molar-refractivity contribution >= 4 is 37.3 Å². The van der Waals surface area contributed by atoms with E-state index in [-0.39, 0.29) is 17.3 Å². The second-order valence-electron chi connectivity index (χ2n) is 5.27. The van der Waals surface area contributed by atoms with E-state index in [1.807, 2.05) is 24.4 Å². The summed E-state index contributed by atoms with van der Waals surface area (Å²) in [5.41, 5.74) is 0. The predicted octanol–water partition coefficient (Wildman–Crippen LogP) is 4.16. The summed E-state index contributed by atoms with van der Waals surface area (Å²) in [7, 11) is -3.64. The lowest BCUT2D eigenvalue weighted by Gasteiger charge is -2.20. The zero-order chi connectivity index (χ0) is 17.9. The smallest absolute Gasteiger partial charge is 0.257 e. The fraction of sp³-hybridized carbons (Fsp3) is 0.250. The molecule has 0 spiro atoms. The SMILES string of the molecule is CCCN(Cc1nnc(-c2cccs2)o1)S(=O)(=O)c1ccc(Br)cc1. The Morgan fingerprint density at radius 2 is 1.96 bits per heavy atom.